The second kappa shape index (κ2) is 6.46. The Hall–Kier alpha value is -3.29. The van der Waals surface area contributed by atoms with Crippen LogP contribution in [0.4, 0.5) is 8.78 Å². The lowest BCUT2D eigenvalue weighted by Crippen LogP contribution is -1.99. The van der Waals surface area contributed by atoms with Crippen LogP contribution in [0.25, 0.3) is 28.0 Å². The predicted octanol–water partition coefficient (Wildman–Crippen LogP) is 4.08. The molecule has 138 valence electrons. The van der Waals surface area contributed by atoms with Gasteiger partial charge in [0.1, 0.15) is 5.75 Å². The summed E-state index contributed by atoms with van der Waals surface area (Å²) in [6, 6.07) is 8.61. The molecule has 3 aromatic heterocycles. The van der Waals surface area contributed by atoms with Crippen LogP contribution < -0.4 is 4.74 Å². The molecule has 0 spiro atoms. The van der Waals surface area contributed by atoms with Crippen LogP contribution in [0.3, 0.4) is 0 Å². The van der Waals surface area contributed by atoms with Crippen LogP contribution in [0.5, 0.6) is 5.75 Å². The Bertz CT molecular complexity index is 1120. The van der Waals surface area contributed by atoms with Gasteiger partial charge in [-0.1, -0.05) is 0 Å². The van der Waals surface area contributed by atoms with Gasteiger partial charge in [-0.05, 0) is 37.3 Å². The summed E-state index contributed by atoms with van der Waals surface area (Å²) >= 11 is 0. The molecule has 1 aromatic carbocycles. The van der Waals surface area contributed by atoms with Crippen molar-refractivity contribution in [1.29, 1.82) is 0 Å². The monoisotopic (exact) mass is 369 g/mol. The van der Waals surface area contributed by atoms with E-state index < -0.39 is 6.43 Å². The van der Waals surface area contributed by atoms with Gasteiger partial charge in [0, 0.05) is 24.4 Å². The summed E-state index contributed by atoms with van der Waals surface area (Å²) in [5.74, 6) is 0.698. The summed E-state index contributed by atoms with van der Waals surface area (Å²) in [4.78, 5) is 4.62. The number of pyridine rings is 1. The molecule has 0 aliphatic heterocycles. The minimum absolute atomic E-state index is 0.0869. The van der Waals surface area contributed by atoms with Crippen molar-refractivity contribution in [2.24, 2.45) is 7.05 Å². The zero-order valence-corrected chi connectivity index (χ0v) is 15.0. The van der Waals surface area contributed by atoms with E-state index in [2.05, 4.69) is 15.2 Å². The highest BCUT2D eigenvalue weighted by atomic mass is 19.3. The number of hydrogen-bond donors (Lipinski definition) is 0. The van der Waals surface area contributed by atoms with Crippen LogP contribution >= 0.6 is 0 Å². The molecule has 0 saturated heterocycles. The Balaban J connectivity index is 1.98. The van der Waals surface area contributed by atoms with Crippen LogP contribution in [0.15, 0.2) is 42.7 Å². The molecular weight excluding hydrogens is 352 g/mol. The van der Waals surface area contributed by atoms with Crippen LogP contribution in [0.1, 0.15) is 17.7 Å². The molecule has 4 aromatic rings. The molecule has 8 heteroatoms. The summed E-state index contributed by atoms with van der Waals surface area (Å²) in [7, 11) is 3.35. The standard InChI is InChI=1S/C19H17F2N5O/c1-11-17-15(18(20)21)8-16(12-9-22-25(2)10-12)23-19(17)26(24-11)13-4-6-14(27-3)7-5-13/h4-10,18H,1-3H3. The van der Waals surface area contributed by atoms with Crippen molar-refractivity contribution < 1.29 is 13.5 Å². The minimum atomic E-state index is -2.64. The number of methoxy groups -OCH3 is 1. The molecule has 0 aliphatic rings. The van der Waals surface area contributed by atoms with Crippen LogP contribution in [-0.2, 0) is 7.05 Å². The number of aromatic nitrogens is 5. The Morgan fingerprint density at radius 1 is 1.15 bits per heavy atom. The third-order valence-corrected chi connectivity index (χ3v) is 4.40. The van der Waals surface area contributed by atoms with Gasteiger partial charge in [0.05, 0.1) is 35.8 Å². The lowest BCUT2D eigenvalue weighted by molar-refractivity contribution is 0.153. The highest BCUT2D eigenvalue weighted by Crippen LogP contribution is 2.34. The Morgan fingerprint density at radius 3 is 2.48 bits per heavy atom. The molecule has 27 heavy (non-hydrogen) atoms. The maximum Gasteiger partial charge on any atom is 0.264 e. The van der Waals surface area contributed by atoms with E-state index in [9.17, 15) is 8.78 Å². The summed E-state index contributed by atoms with van der Waals surface area (Å²) in [6.45, 7) is 1.71. The van der Waals surface area contributed by atoms with Crippen molar-refractivity contribution in [2.45, 2.75) is 13.3 Å². The van der Waals surface area contributed by atoms with Gasteiger partial charge in [-0.3, -0.25) is 4.68 Å². The molecule has 3 heterocycles. The van der Waals surface area contributed by atoms with Crippen LogP contribution in [0.2, 0.25) is 0 Å². The number of fused-ring (bicyclic) bond motifs is 1. The van der Waals surface area contributed by atoms with Crippen molar-refractivity contribution in [3.05, 3.63) is 54.0 Å². The minimum Gasteiger partial charge on any atom is -0.497 e. The molecule has 0 radical (unpaired) electrons. The fraction of sp³-hybridized carbons (Fsp3) is 0.211. The third-order valence-electron chi connectivity index (χ3n) is 4.40. The van der Waals surface area contributed by atoms with E-state index in [0.29, 0.717) is 39.4 Å². The molecule has 0 saturated carbocycles. The highest BCUT2D eigenvalue weighted by Gasteiger charge is 2.22. The number of nitrogens with zero attached hydrogens (tertiary/aromatic N) is 5. The largest absolute Gasteiger partial charge is 0.497 e. The summed E-state index contributed by atoms with van der Waals surface area (Å²) in [6.07, 6.45) is 0.701. The molecule has 0 aliphatic carbocycles. The van der Waals surface area contributed by atoms with Gasteiger partial charge < -0.3 is 4.74 Å². The summed E-state index contributed by atoms with van der Waals surface area (Å²) in [5, 5.41) is 8.93. The third kappa shape index (κ3) is 2.92. The average molecular weight is 369 g/mol. The number of alkyl halides is 2. The average Bonchev–Trinajstić information content (AvgIpc) is 3.25. The van der Waals surface area contributed by atoms with Crippen molar-refractivity contribution in [2.75, 3.05) is 7.11 Å². The van der Waals surface area contributed by atoms with E-state index in [-0.39, 0.29) is 5.56 Å². The smallest absolute Gasteiger partial charge is 0.264 e. The normalized spacial score (nSPS) is 11.5. The molecule has 4 rings (SSSR count). The van der Waals surface area contributed by atoms with E-state index >= 15 is 0 Å². The summed E-state index contributed by atoms with van der Waals surface area (Å²) in [5.41, 5.74) is 2.61. The van der Waals surface area contributed by atoms with Gasteiger partial charge in [-0.2, -0.15) is 10.2 Å². The molecule has 6 nitrogen and oxygen atoms in total. The molecule has 0 amide bonds. The summed E-state index contributed by atoms with van der Waals surface area (Å²) < 4.78 is 35.9. The van der Waals surface area contributed by atoms with Gasteiger partial charge in [0.2, 0.25) is 0 Å². The zero-order valence-electron chi connectivity index (χ0n) is 15.0. The first-order valence-corrected chi connectivity index (χ1v) is 8.30. The number of halogens is 2. The van der Waals surface area contributed by atoms with Crippen molar-refractivity contribution in [3.8, 4) is 22.7 Å². The molecule has 0 bridgehead atoms. The van der Waals surface area contributed by atoms with Gasteiger partial charge in [-0.25, -0.2) is 18.4 Å². The number of rotatable bonds is 4. The predicted molar refractivity (Wildman–Crippen MR) is 97.3 cm³/mol. The van der Waals surface area contributed by atoms with E-state index in [4.69, 9.17) is 4.74 Å². The molecule has 0 N–H and O–H groups in total. The van der Waals surface area contributed by atoms with Crippen LogP contribution in [-0.4, -0.2) is 31.7 Å². The van der Waals surface area contributed by atoms with Gasteiger partial charge in [0.15, 0.2) is 5.65 Å². The fourth-order valence-corrected chi connectivity index (χ4v) is 3.10. The Morgan fingerprint density at radius 2 is 1.89 bits per heavy atom. The number of benzene rings is 1. The van der Waals surface area contributed by atoms with E-state index in [1.165, 1.54) is 6.07 Å². The molecular formula is C19H17F2N5O. The first kappa shape index (κ1) is 17.1. The number of ether oxygens (including phenoxy) is 1. The quantitative estimate of drug-likeness (QED) is 0.544. The highest BCUT2D eigenvalue weighted by molar-refractivity contribution is 5.86. The van der Waals surface area contributed by atoms with Crippen LogP contribution in [0, 0.1) is 6.92 Å². The van der Waals surface area contributed by atoms with E-state index in [0.717, 1.165) is 0 Å². The lowest BCUT2D eigenvalue weighted by Gasteiger charge is -2.08. The SMILES string of the molecule is COc1ccc(-n2nc(C)c3c(C(F)F)cc(-c4cnn(C)c4)nc32)cc1. The first-order chi connectivity index (χ1) is 13.0. The number of hydrogen-bond acceptors (Lipinski definition) is 4. The lowest BCUT2D eigenvalue weighted by atomic mass is 10.1. The second-order valence-corrected chi connectivity index (χ2v) is 6.19. The Labute approximate surface area is 154 Å². The maximum atomic E-state index is 13.8. The van der Waals surface area contributed by atoms with E-state index in [1.54, 1.807) is 55.0 Å². The molecule has 0 fully saturated rings. The maximum absolute atomic E-state index is 13.8. The molecule has 0 atom stereocenters. The second-order valence-electron chi connectivity index (χ2n) is 6.19. The van der Waals surface area contributed by atoms with Crippen molar-refractivity contribution >= 4 is 11.0 Å². The van der Waals surface area contributed by atoms with Crippen molar-refractivity contribution in [1.82, 2.24) is 24.5 Å². The first-order valence-electron chi connectivity index (χ1n) is 8.30. The number of aryl methyl sites for hydroxylation is 2. The molecule has 0 unspecified atom stereocenters. The Kier molecular flexibility index (Phi) is 4.10. The topological polar surface area (TPSA) is 57.8 Å². The fourth-order valence-electron chi connectivity index (χ4n) is 3.10. The van der Waals surface area contributed by atoms with Gasteiger partial charge >= 0.3 is 0 Å². The van der Waals surface area contributed by atoms with Crippen molar-refractivity contribution in [3.63, 3.8) is 0 Å². The zero-order chi connectivity index (χ0) is 19.1. The van der Waals surface area contributed by atoms with Gasteiger partial charge in [-0.15, -0.1) is 0 Å². The van der Waals surface area contributed by atoms with Gasteiger partial charge in [0.25, 0.3) is 6.43 Å². The van der Waals surface area contributed by atoms with E-state index in [1.807, 2.05) is 12.1 Å².